The number of halogens is 1. The first-order valence-electron chi connectivity index (χ1n) is 6.70. The van der Waals surface area contributed by atoms with E-state index >= 15 is 0 Å². The van der Waals surface area contributed by atoms with Crippen molar-refractivity contribution in [2.24, 2.45) is 11.1 Å². The van der Waals surface area contributed by atoms with Crippen LogP contribution in [0.25, 0.3) is 0 Å². The van der Waals surface area contributed by atoms with Gasteiger partial charge in [-0.15, -0.1) is 0 Å². The molecule has 0 aliphatic heterocycles. The van der Waals surface area contributed by atoms with Gasteiger partial charge in [0.2, 0.25) is 0 Å². The van der Waals surface area contributed by atoms with Gasteiger partial charge in [-0.05, 0) is 60.1 Å². The summed E-state index contributed by atoms with van der Waals surface area (Å²) in [7, 11) is 0. The Morgan fingerprint density at radius 3 is 2.28 bits per heavy atom. The number of aliphatic hydroxyl groups is 1. The van der Waals surface area contributed by atoms with E-state index in [0.29, 0.717) is 6.54 Å². The van der Waals surface area contributed by atoms with Gasteiger partial charge in [-0.25, -0.2) is 0 Å². The second kappa shape index (κ2) is 5.47. The molecule has 1 aliphatic rings. The fourth-order valence-corrected chi connectivity index (χ4v) is 3.56. The Labute approximate surface area is 123 Å². The highest BCUT2D eigenvalue weighted by molar-refractivity contribution is 14.1. The van der Waals surface area contributed by atoms with Crippen LogP contribution in [0.3, 0.4) is 0 Å². The highest BCUT2D eigenvalue weighted by Gasteiger charge is 2.47. The summed E-state index contributed by atoms with van der Waals surface area (Å²) in [6.07, 6.45) is 5.69. The minimum absolute atomic E-state index is 0.155. The molecule has 0 heterocycles. The second-order valence-electron chi connectivity index (χ2n) is 5.62. The van der Waals surface area contributed by atoms with Crippen molar-refractivity contribution < 1.29 is 5.11 Å². The Kier molecular flexibility index (Phi) is 4.34. The molecule has 1 unspecified atom stereocenters. The summed E-state index contributed by atoms with van der Waals surface area (Å²) in [6.45, 7) is 2.50. The lowest BCUT2D eigenvalue weighted by Gasteiger charge is -2.47. The van der Waals surface area contributed by atoms with Crippen molar-refractivity contribution in [2.45, 2.75) is 44.6 Å². The number of hydrogen-bond donors (Lipinski definition) is 2. The predicted molar refractivity (Wildman–Crippen MR) is 83.3 cm³/mol. The van der Waals surface area contributed by atoms with Gasteiger partial charge in [0.25, 0.3) is 0 Å². The molecule has 0 amide bonds. The normalized spacial score (nSPS) is 22.4. The number of hydrogen-bond acceptors (Lipinski definition) is 2. The van der Waals surface area contributed by atoms with Crippen LogP contribution in [0.5, 0.6) is 0 Å². The van der Waals surface area contributed by atoms with Crippen LogP contribution in [0.2, 0.25) is 0 Å². The highest BCUT2D eigenvalue weighted by atomic mass is 127. The third-order valence-electron chi connectivity index (χ3n) is 4.64. The lowest BCUT2D eigenvalue weighted by atomic mass is 9.61. The van der Waals surface area contributed by atoms with E-state index in [1.807, 2.05) is 19.1 Å². The molecule has 1 saturated carbocycles. The van der Waals surface area contributed by atoms with E-state index in [-0.39, 0.29) is 5.41 Å². The molecule has 1 fully saturated rings. The molecule has 1 aromatic carbocycles. The van der Waals surface area contributed by atoms with Crippen molar-refractivity contribution in [1.82, 2.24) is 0 Å². The summed E-state index contributed by atoms with van der Waals surface area (Å²) in [5, 5.41) is 11.1. The van der Waals surface area contributed by atoms with Gasteiger partial charge >= 0.3 is 0 Å². The molecule has 18 heavy (non-hydrogen) atoms. The lowest BCUT2D eigenvalue weighted by molar-refractivity contribution is -0.0918. The largest absolute Gasteiger partial charge is 0.385 e. The van der Waals surface area contributed by atoms with E-state index in [1.165, 1.54) is 22.8 Å². The Bertz CT molecular complexity index is 393. The van der Waals surface area contributed by atoms with Crippen molar-refractivity contribution in [3.05, 3.63) is 33.4 Å². The molecule has 3 N–H and O–H groups in total. The van der Waals surface area contributed by atoms with Gasteiger partial charge in [-0.3, -0.25) is 0 Å². The smallest absolute Gasteiger partial charge is 0.0936 e. The SMILES string of the molecule is CC(O)(c1ccc(I)cc1)C1(CN)CCCCC1. The van der Waals surface area contributed by atoms with Crippen LogP contribution >= 0.6 is 22.6 Å². The molecule has 0 spiro atoms. The van der Waals surface area contributed by atoms with Gasteiger partial charge in [0, 0.05) is 15.5 Å². The van der Waals surface area contributed by atoms with Gasteiger partial charge in [-0.2, -0.15) is 0 Å². The van der Waals surface area contributed by atoms with E-state index in [0.717, 1.165) is 18.4 Å². The standard InChI is InChI=1S/C15H22INO/c1-14(18,12-5-7-13(16)8-6-12)15(11-17)9-3-2-4-10-15/h5-8,18H,2-4,9-11,17H2,1H3. The molecule has 2 rings (SSSR count). The van der Waals surface area contributed by atoms with Crippen molar-refractivity contribution in [3.8, 4) is 0 Å². The van der Waals surface area contributed by atoms with Crippen LogP contribution < -0.4 is 5.73 Å². The lowest BCUT2D eigenvalue weighted by Crippen LogP contribution is -2.49. The Balaban J connectivity index is 2.35. The summed E-state index contributed by atoms with van der Waals surface area (Å²) in [4.78, 5) is 0. The maximum absolute atomic E-state index is 11.1. The van der Waals surface area contributed by atoms with Crippen LogP contribution in [0, 0.1) is 8.99 Å². The van der Waals surface area contributed by atoms with Crippen molar-refractivity contribution in [3.63, 3.8) is 0 Å². The second-order valence-corrected chi connectivity index (χ2v) is 6.87. The van der Waals surface area contributed by atoms with Crippen LogP contribution in [0.4, 0.5) is 0 Å². The molecule has 1 aliphatic carbocycles. The molecule has 0 bridgehead atoms. The van der Waals surface area contributed by atoms with Gasteiger partial charge in [0.1, 0.15) is 0 Å². The molecule has 0 aromatic heterocycles. The number of benzene rings is 1. The predicted octanol–water partition coefficient (Wildman–Crippen LogP) is 3.41. The Morgan fingerprint density at radius 1 is 1.22 bits per heavy atom. The van der Waals surface area contributed by atoms with Crippen LogP contribution in [0.15, 0.2) is 24.3 Å². The van der Waals surface area contributed by atoms with Crippen LogP contribution in [-0.2, 0) is 5.60 Å². The van der Waals surface area contributed by atoms with E-state index in [9.17, 15) is 5.11 Å². The van der Waals surface area contributed by atoms with Crippen LogP contribution in [0.1, 0.15) is 44.6 Å². The zero-order valence-corrected chi connectivity index (χ0v) is 13.1. The minimum atomic E-state index is -0.827. The molecule has 3 heteroatoms. The first-order valence-corrected chi connectivity index (χ1v) is 7.78. The van der Waals surface area contributed by atoms with Gasteiger partial charge < -0.3 is 10.8 Å². The van der Waals surface area contributed by atoms with Gasteiger partial charge in [0.05, 0.1) is 5.60 Å². The first-order chi connectivity index (χ1) is 8.52. The monoisotopic (exact) mass is 359 g/mol. The molecule has 0 saturated heterocycles. The minimum Gasteiger partial charge on any atom is -0.385 e. The Hall–Kier alpha value is -0.130. The quantitative estimate of drug-likeness (QED) is 0.813. The average Bonchev–Trinajstić information content (AvgIpc) is 2.40. The van der Waals surface area contributed by atoms with Crippen molar-refractivity contribution in [2.75, 3.05) is 6.54 Å². The zero-order chi connectivity index (χ0) is 13.2. The summed E-state index contributed by atoms with van der Waals surface area (Å²) in [5.74, 6) is 0. The van der Waals surface area contributed by atoms with Crippen LogP contribution in [-0.4, -0.2) is 11.7 Å². The summed E-state index contributed by atoms with van der Waals surface area (Å²) in [5.41, 5.74) is 6.04. The van der Waals surface area contributed by atoms with Gasteiger partial charge in [0.15, 0.2) is 0 Å². The molecule has 0 radical (unpaired) electrons. The Morgan fingerprint density at radius 2 is 1.78 bits per heavy atom. The summed E-state index contributed by atoms with van der Waals surface area (Å²) in [6, 6.07) is 8.18. The van der Waals surface area contributed by atoms with E-state index in [4.69, 9.17) is 5.73 Å². The highest BCUT2D eigenvalue weighted by Crippen LogP contribution is 2.49. The van der Waals surface area contributed by atoms with Crippen molar-refractivity contribution >= 4 is 22.6 Å². The van der Waals surface area contributed by atoms with E-state index in [1.54, 1.807) is 0 Å². The zero-order valence-electron chi connectivity index (χ0n) is 11.0. The molecule has 1 aromatic rings. The summed E-state index contributed by atoms with van der Waals surface area (Å²) < 4.78 is 1.19. The third kappa shape index (κ3) is 2.45. The van der Waals surface area contributed by atoms with Gasteiger partial charge in [-0.1, -0.05) is 31.4 Å². The molecule has 100 valence electrons. The van der Waals surface area contributed by atoms with E-state index in [2.05, 4.69) is 34.7 Å². The molecule has 2 nitrogen and oxygen atoms in total. The maximum Gasteiger partial charge on any atom is 0.0936 e. The maximum atomic E-state index is 11.1. The topological polar surface area (TPSA) is 46.2 Å². The van der Waals surface area contributed by atoms with E-state index < -0.39 is 5.60 Å². The molecular weight excluding hydrogens is 337 g/mol. The fraction of sp³-hybridized carbons (Fsp3) is 0.600. The first kappa shape index (κ1) is 14.3. The third-order valence-corrected chi connectivity index (χ3v) is 5.36. The summed E-state index contributed by atoms with van der Waals surface area (Å²) >= 11 is 2.29. The van der Waals surface area contributed by atoms with Crippen molar-refractivity contribution in [1.29, 1.82) is 0 Å². The average molecular weight is 359 g/mol. The fourth-order valence-electron chi connectivity index (χ4n) is 3.20. The number of nitrogens with two attached hydrogens (primary N) is 1. The number of rotatable bonds is 3. The molecule has 1 atom stereocenters. The molecular formula is C15H22INO.